The average molecular weight is 396 g/mol. The molecule has 0 unspecified atom stereocenters. The number of hydrogen-bond acceptors (Lipinski definition) is 2. The van der Waals surface area contributed by atoms with Crippen LogP contribution in [0.15, 0.2) is 83.6 Å². The predicted molar refractivity (Wildman–Crippen MR) is 129 cm³/mol. The van der Waals surface area contributed by atoms with E-state index in [1.807, 2.05) is 0 Å². The average Bonchev–Trinajstić information content (AvgIpc) is 3.24. The molecule has 0 radical (unpaired) electrons. The normalized spacial score (nSPS) is 11.1. The number of para-hydroxylation sites is 1. The molecule has 0 fully saturated rings. The van der Waals surface area contributed by atoms with Gasteiger partial charge in [-0.25, -0.2) is 0 Å². The summed E-state index contributed by atoms with van der Waals surface area (Å²) >= 11 is 1.72. The number of aryl methyl sites for hydroxylation is 3. The minimum atomic E-state index is 1.17. The fraction of sp³-hybridized carbons (Fsp3) is 0.111. The van der Waals surface area contributed by atoms with E-state index in [9.17, 15) is 0 Å². The third kappa shape index (κ3) is 4.33. The van der Waals surface area contributed by atoms with Gasteiger partial charge in [0, 0.05) is 11.4 Å². The first kappa shape index (κ1) is 19.2. The Bertz CT molecular complexity index is 1080. The van der Waals surface area contributed by atoms with Crippen LogP contribution in [0.5, 0.6) is 0 Å². The Hall–Kier alpha value is -3.10. The van der Waals surface area contributed by atoms with Crippen LogP contribution in [-0.2, 0) is 0 Å². The molecule has 4 aromatic rings. The molecule has 144 valence electrons. The van der Waals surface area contributed by atoms with E-state index in [-0.39, 0.29) is 0 Å². The highest BCUT2D eigenvalue weighted by atomic mass is 32.1. The molecule has 0 spiro atoms. The SMILES string of the molecule is Cc1cc(C)c(N(c2ccccc2)c2ccc(/C=C/c3ccsc3)cc2)c(C)c1. The maximum absolute atomic E-state index is 2.36. The lowest BCUT2D eigenvalue weighted by molar-refractivity contribution is 1.20. The maximum Gasteiger partial charge on any atom is 0.0520 e. The summed E-state index contributed by atoms with van der Waals surface area (Å²) in [7, 11) is 0. The Balaban J connectivity index is 1.75. The monoisotopic (exact) mass is 395 g/mol. The van der Waals surface area contributed by atoms with Gasteiger partial charge in [-0.2, -0.15) is 11.3 Å². The van der Waals surface area contributed by atoms with Crippen LogP contribution in [0.25, 0.3) is 12.2 Å². The van der Waals surface area contributed by atoms with Gasteiger partial charge < -0.3 is 4.90 Å². The molecular weight excluding hydrogens is 370 g/mol. The number of benzene rings is 3. The van der Waals surface area contributed by atoms with Crippen LogP contribution in [0, 0.1) is 20.8 Å². The van der Waals surface area contributed by atoms with Crippen LogP contribution in [-0.4, -0.2) is 0 Å². The van der Waals surface area contributed by atoms with Gasteiger partial charge in [0.05, 0.1) is 5.69 Å². The highest BCUT2D eigenvalue weighted by Gasteiger charge is 2.16. The fourth-order valence-electron chi connectivity index (χ4n) is 3.81. The smallest absolute Gasteiger partial charge is 0.0520 e. The molecule has 2 heteroatoms. The topological polar surface area (TPSA) is 3.24 Å². The molecule has 0 saturated heterocycles. The number of thiophene rings is 1. The maximum atomic E-state index is 2.36. The zero-order chi connectivity index (χ0) is 20.2. The second-order valence-corrected chi connectivity index (χ2v) is 8.18. The summed E-state index contributed by atoms with van der Waals surface area (Å²) in [4.78, 5) is 2.36. The summed E-state index contributed by atoms with van der Waals surface area (Å²) in [5.74, 6) is 0. The van der Waals surface area contributed by atoms with Crippen molar-refractivity contribution in [3.8, 4) is 0 Å². The summed E-state index contributed by atoms with van der Waals surface area (Å²) in [5, 5.41) is 4.26. The van der Waals surface area contributed by atoms with Crippen LogP contribution in [0.1, 0.15) is 27.8 Å². The van der Waals surface area contributed by atoms with E-state index >= 15 is 0 Å². The zero-order valence-electron chi connectivity index (χ0n) is 17.1. The molecule has 29 heavy (non-hydrogen) atoms. The number of hydrogen-bond donors (Lipinski definition) is 0. The highest BCUT2D eigenvalue weighted by Crippen LogP contribution is 2.39. The van der Waals surface area contributed by atoms with E-state index in [0.29, 0.717) is 0 Å². The lowest BCUT2D eigenvalue weighted by Gasteiger charge is -2.29. The van der Waals surface area contributed by atoms with Crippen molar-refractivity contribution in [2.24, 2.45) is 0 Å². The third-order valence-electron chi connectivity index (χ3n) is 5.04. The summed E-state index contributed by atoms with van der Waals surface area (Å²) < 4.78 is 0. The van der Waals surface area contributed by atoms with Gasteiger partial charge in [0.1, 0.15) is 0 Å². The Morgan fingerprint density at radius 3 is 1.93 bits per heavy atom. The van der Waals surface area contributed by atoms with Gasteiger partial charge >= 0.3 is 0 Å². The first-order chi connectivity index (χ1) is 14.1. The van der Waals surface area contributed by atoms with Crippen LogP contribution >= 0.6 is 11.3 Å². The largest absolute Gasteiger partial charge is 0.310 e. The Morgan fingerprint density at radius 1 is 0.690 bits per heavy atom. The Morgan fingerprint density at radius 2 is 1.31 bits per heavy atom. The van der Waals surface area contributed by atoms with Crippen molar-refractivity contribution in [1.82, 2.24) is 0 Å². The van der Waals surface area contributed by atoms with Gasteiger partial charge in [0.25, 0.3) is 0 Å². The summed E-state index contributed by atoms with van der Waals surface area (Å²) in [6.45, 7) is 6.55. The molecule has 0 atom stereocenters. The standard InChI is InChI=1S/C27H25NS/c1-20-17-21(2)27(22(3)18-20)28(25-7-5-4-6-8-25)26-13-11-23(12-14-26)9-10-24-15-16-29-19-24/h4-19H,1-3H3/b10-9+. The van der Waals surface area contributed by atoms with Gasteiger partial charge in [0.15, 0.2) is 0 Å². The quantitative estimate of drug-likeness (QED) is 0.328. The predicted octanol–water partition coefficient (Wildman–Crippen LogP) is 8.31. The molecule has 1 heterocycles. The first-order valence-corrected chi connectivity index (χ1v) is 10.8. The molecular formula is C27H25NS. The summed E-state index contributed by atoms with van der Waals surface area (Å²) in [6, 6.07) is 26.0. The second-order valence-electron chi connectivity index (χ2n) is 7.40. The van der Waals surface area contributed by atoms with Gasteiger partial charge in [-0.1, -0.05) is 60.2 Å². The van der Waals surface area contributed by atoms with Gasteiger partial charge in [0.2, 0.25) is 0 Å². The van der Waals surface area contributed by atoms with Crippen LogP contribution in [0.3, 0.4) is 0 Å². The van der Waals surface area contributed by atoms with E-state index in [0.717, 1.165) is 0 Å². The molecule has 0 N–H and O–H groups in total. The zero-order valence-corrected chi connectivity index (χ0v) is 17.9. The van der Waals surface area contributed by atoms with E-state index in [1.165, 1.54) is 44.9 Å². The Labute approximate surface area is 177 Å². The van der Waals surface area contributed by atoms with Crippen molar-refractivity contribution in [3.63, 3.8) is 0 Å². The van der Waals surface area contributed by atoms with E-state index < -0.39 is 0 Å². The van der Waals surface area contributed by atoms with Crippen molar-refractivity contribution < 1.29 is 0 Å². The first-order valence-electron chi connectivity index (χ1n) is 9.85. The summed E-state index contributed by atoms with van der Waals surface area (Å²) in [6.07, 6.45) is 4.33. The van der Waals surface area contributed by atoms with E-state index in [1.54, 1.807) is 11.3 Å². The van der Waals surface area contributed by atoms with Crippen molar-refractivity contribution >= 4 is 40.6 Å². The lowest BCUT2D eigenvalue weighted by Crippen LogP contribution is -2.13. The molecule has 0 bridgehead atoms. The van der Waals surface area contributed by atoms with Crippen LogP contribution < -0.4 is 4.90 Å². The van der Waals surface area contributed by atoms with Crippen LogP contribution in [0.4, 0.5) is 17.1 Å². The molecule has 4 rings (SSSR count). The number of nitrogens with zero attached hydrogens (tertiary/aromatic N) is 1. The number of anilines is 3. The highest BCUT2D eigenvalue weighted by molar-refractivity contribution is 7.08. The van der Waals surface area contributed by atoms with Crippen molar-refractivity contribution in [2.75, 3.05) is 4.90 Å². The number of rotatable bonds is 5. The minimum Gasteiger partial charge on any atom is -0.310 e. The van der Waals surface area contributed by atoms with Gasteiger partial charge in [-0.05, 0) is 84.1 Å². The Kier molecular flexibility index (Phi) is 5.64. The molecule has 0 aliphatic rings. The molecule has 1 nitrogen and oxygen atoms in total. The van der Waals surface area contributed by atoms with E-state index in [2.05, 4.69) is 121 Å². The molecule has 1 aromatic heterocycles. The third-order valence-corrected chi connectivity index (χ3v) is 5.74. The van der Waals surface area contributed by atoms with Crippen LogP contribution in [0.2, 0.25) is 0 Å². The second kappa shape index (κ2) is 8.50. The van der Waals surface area contributed by atoms with Crippen molar-refractivity contribution in [3.05, 3.63) is 111 Å². The summed E-state index contributed by atoms with van der Waals surface area (Å²) in [5.41, 5.74) is 9.90. The molecule has 0 aliphatic carbocycles. The molecule has 0 aliphatic heterocycles. The fourth-order valence-corrected chi connectivity index (χ4v) is 4.43. The van der Waals surface area contributed by atoms with Gasteiger partial charge in [-0.3, -0.25) is 0 Å². The van der Waals surface area contributed by atoms with Crippen molar-refractivity contribution in [1.29, 1.82) is 0 Å². The lowest BCUT2D eigenvalue weighted by atomic mass is 10.0. The van der Waals surface area contributed by atoms with Gasteiger partial charge in [-0.15, -0.1) is 0 Å². The molecule has 0 amide bonds. The molecule has 3 aromatic carbocycles. The minimum absolute atomic E-state index is 1.17. The van der Waals surface area contributed by atoms with E-state index in [4.69, 9.17) is 0 Å². The van der Waals surface area contributed by atoms with Crippen molar-refractivity contribution in [2.45, 2.75) is 20.8 Å². The molecule has 0 saturated carbocycles.